The third kappa shape index (κ3) is 6.69. The SMILES string of the molecule is C=CCN(CC[N+](C)(C)C)c1ccc(N=Nc2cccc([N+](=O)[O-])c2)c(OC)c1. The Morgan fingerprint density at radius 3 is 2.59 bits per heavy atom. The van der Waals surface area contributed by atoms with E-state index in [1.54, 1.807) is 19.2 Å². The van der Waals surface area contributed by atoms with Crippen molar-refractivity contribution in [3.8, 4) is 5.75 Å². The van der Waals surface area contributed by atoms with Crippen LogP contribution in [0.1, 0.15) is 0 Å². The van der Waals surface area contributed by atoms with Crippen molar-refractivity contribution in [3.63, 3.8) is 0 Å². The second kappa shape index (κ2) is 9.79. The van der Waals surface area contributed by atoms with Crippen molar-refractivity contribution >= 4 is 22.7 Å². The molecule has 0 radical (unpaired) electrons. The summed E-state index contributed by atoms with van der Waals surface area (Å²) < 4.78 is 6.35. The molecule has 0 N–H and O–H groups in total. The van der Waals surface area contributed by atoms with Crippen molar-refractivity contribution in [3.05, 3.63) is 65.2 Å². The van der Waals surface area contributed by atoms with Crippen molar-refractivity contribution in [2.45, 2.75) is 0 Å². The van der Waals surface area contributed by atoms with Gasteiger partial charge in [0.2, 0.25) is 0 Å². The van der Waals surface area contributed by atoms with E-state index in [0.29, 0.717) is 17.1 Å². The Morgan fingerprint density at radius 2 is 1.97 bits per heavy atom. The summed E-state index contributed by atoms with van der Waals surface area (Å²) in [6, 6.07) is 11.7. The maximum absolute atomic E-state index is 10.9. The van der Waals surface area contributed by atoms with Crippen LogP contribution in [-0.2, 0) is 0 Å². The molecule has 0 aliphatic rings. The minimum atomic E-state index is -0.459. The van der Waals surface area contributed by atoms with Gasteiger partial charge in [0.1, 0.15) is 11.4 Å². The van der Waals surface area contributed by atoms with E-state index in [1.165, 1.54) is 12.1 Å². The Kier molecular flexibility index (Phi) is 7.44. The van der Waals surface area contributed by atoms with Gasteiger partial charge in [0.05, 0.1) is 52.0 Å². The molecule has 0 saturated heterocycles. The average Bonchev–Trinajstić information content (AvgIpc) is 2.69. The highest BCUT2D eigenvalue weighted by Crippen LogP contribution is 2.33. The number of likely N-dealkylation sites (N-methyl/N-ethyl adjacent to an activating group) is 1. The van der Waals surface area contributed by atoms with Gasteiger partial charge in [0, 0.05) is 30.4 Å². The zero-order valence-electron chi connectivity index (χ0n) is 17.4. The van der Waals surface area contributed by atoms with Gasteiger partial charge >= 0.3 is 0 Å². The normalized spacial score (nSPS) is 11.4. The number of rotatable bonds is 10. The molecule has 0 fully saturated rings. The number of nitro benzene ring substituents is 1. The number of quaternary nitrogens is 1. The highest BCUT2D eigenvalue weighted by atomic mass is 16.6. The molecule has 0 aliphatic carbocycles. The zero-order chi connectivity index (χ0) is 21.4. The molecule has 8 heteroatoms. The predicted molar refractivity (Wildman–Crippen MR) is 116 cm³/mol. The number of azo groups is 1. The molecule has 0 heterocycles. The first-order chi connectivity index (χ1) is 13.7. The topological polar surface area (TPSA) is 80.3 Å². The molecule has 0 atom stereocenters. The second-order valence-corrected chi connectivity index (χ2v) is 7.58. The van der Waals surface area contributed by atoms with Gasteiger partial charge in [-0.1, -0.05) is 12.1 Å². The van der Waals surface area contributed by atoms with Gasteiger partial charge in [-0.15, -0.1) is 11.7 Å². The summed E-state index contributed by atoms with van der Waals surface area (Å²) in [7, 11) is 8.05. The lowest BCUT2D eigenvalue weighted by Crippen LogP contribution is -2.42. The van der Waals surface area contributed by atoms with Crippen LogP contribution in [0.25, 0.3) is 0 Å². The van der Waals surface area contributed by atoms with E-state index in [4.69, 9.17) is 4.74 Å². The van der Waals surface area contributed by atoms with E-state index in [9.17, 15) is 10.1 Å². The van der Waals surface area contributed by atoms with Crippen molar-refractivity contribution < 1.29 is 14.1 Å². The maximum atomic E-state index is 10.9. The smallest absolute Gasteiger partial charge is 0.271 e. The van der Waals surface area contributed by atoms with Crippen LogP contribution >= 0.6 is 0 Å². The largest absolute Gasteiger partial charge is 0.494 e. The molecule has 0 spiro atoms. The molecular formula is C21H28N5O3+. The minimum absolute atomic E-state index is 0.0268. The summed E-state index contributed by atoms with van der Waals surface area (Å²) in [4.78, 5) is 12.7. The van der Waals surface area contributed by atoms with Crippen molar-refractivity contribution in [1.82, 2.24) is 0 Å². The highest BCUT2D eigenvalue weighted by molar-refractivity contribution is 5.62. The molecule has 0 bridgehead atoms. The van der Waals surface area contributed by atoms with E-state index in [0.717, 1.165) is 29.8 Å². The summed E-state index contributed by atoms with van der Waals surface area (Å²) in [6.07, 6.45) is 1.87. The fourth-order valence-electron chi connectivity index (χ4n) is 2.63. The van der Waals surface area contributed by atoms with Gasteiger partial charge in [-0.25, -0.2) is 0 Å². The van der Waals surface area contributed by atoms with Crippen LogP contribution in [0.2, 0.25) is 0 Å². The molecule has 2 aromatic rings. The van der Waals surface area contributed by atoms with Gasteiger partial charge in [0.25, 0.3) is 5.69 Å². The number of hydrogen-bond acceptors (Lipinski definition) is 6. The molecule has 0 aliphatic heterocycles. The van der Waals surface area contributed by atoms with E-state index in [2.05, 4.69) is 42.9 Å². The molecule has 0 saturated carbocycles. The van der Waals surface area contributed by atoms with Crippen molar-refractivity contribution in [1.29, 1.82) is 0 Å². The number of non-ortho nitro benzene ring substituents is 1. The van der Waals surface area contributed by atoms with Gasteiger partial charge in [0.15, 0.2) is 0 Å². The van der Waals surface area contributed by atoms with E-state index in [-0.39, 0.29) is 5.69 Å². The molecule has 2 aromatic carbocycles. The van der Waals surface area contributed by atoms with E-state index < -0.39 is 4.92 Å². The van der Waals surface area contributed by atoms with E-state index >= 15 is 0 Å². The van der Waals surface area contributed by atoms with Crippen LogP contribution < -0.4 is 9.64 Å². The van der Waals surface area contributed by atoms with Crippen LogP contribution in [0.3, 0.4) is 0 Å². The van der Waals surface area contributed by atoms with Gasteiger partial charge in [-0.2, -0.15) is 5.11 Å². The molecule has 29 heavy (non-hydrogen) atoms. The van der Waals surface area contributed by atoms with Gasteiger partial charge in [-0.05, 0) is 18.2 Å². The third-order valence-corrected chi connectivity index (χ3v) is 4.23. The first-order valence-corrected chi connectivity index (χ1v) is 9.24. The Bertz CT molecular complexity index is 890. The first kappa shape index (κ1) is 22.0. The monoisotopic (exact) mass is 398 g/mol. The van der Waals surface area contributed by atoms with Crippen LogP contribution in [0, 0.1) is 10.1 Å². The lowest BCUT2D eigenvalue weighted by molar-refractivity contribution is -0.868. The Hall–Kier alpha value is -3.26. The van der Waals surface area contributed by atoms with Crippen LogP contribution in [0.4, 0.5) is 22.7 Å². The summed E-state index contributed by atoms with van der Waals surface area (Å²) in [5.74, 6) is 0.580. The maximum Gasteiger partial charge on any atom is 0.271 e. The molecular weight excluding hydrogens is 370 g/mol. The summed E-state index contributed by atoms with van der Waals surface area (Å²) in [5, 5.41) is 19.2. The Balaban J connectivity index is 2.25. The molecule has 0 aromatic heterocycles. The standard InChI is InChI=1S/C21H28N5O3/c1-6-12-24(13-14-26(2,3)4)18-10-11-20(21(16-18)29-5)23-22-17-8-7-9-19(15-17)25(27)28/h6-11,15-16H,1,12-14H2,2-5H3/q+1. The third-order valence-electron chi connectivity index (χ3n) is 4.23. The van der Waals surface area contributed by atoms with Crippen LogP contribution in [0.15, 0.2) is 65.3 Å². The van der Waals surface area contributed by atoms with Crippen LogP contribution in [0.5, 0.6) is 5.75 Å². The zero-order valence-corrected chi connectivity index (χ0v) is 17.4. The summed E-state index contributed by atoms with van der Waals surface area (Å²) >= 11 is 0. The first-order valence-electron chi connectivity index (χ1n) is 9.24. The van der Waals surface area contributed by atoms with Crippen molar-refractivity contribution in [2.24, 2.45) is 10.2 Å². The fraction of sp³-hybridized carbons (Fsp3) is 0.333. The number of methoxy groups -OCH3 is 1. The second-order valence-electron chi connectivity index (χ2n) is 7.58. The summed E-state index contributed by atoms with van der Waals surface area (Å²) in [6.45, 7) is 6.42. The lowest BCUT2D eigenvalue weighted by Gasteiger charge is -2.30. The fourth-order valence-corrected chi connectivity index (χ4v) is 2.63. The Morgan fingerprint density at radius 1 is 1.21 bits per heavy atom. The quantitative estimate of drug-likeness (QED) is 0.191. The number of benzene rings is 2. The van der Waals surface area contributed by atoms with Gasteiger partial charge < -0.3 is 14.1 Å². The summed E-state index contributed by atoms with van der Waals surface area (Å²) in [5.41, 5.74) is 1.93. The predicted octanol–water partition coefficient (Wildman–Crippen LogP) is 4.72. The molecule has 2 rings (SSSR count). The van der Waals surface area contributed by atoms with Crippen molar-refractivity contribution in [2.75, 3.05) is 52.8 Å². The number of anilines is 1. The molecule has 0 unspecified atom stereocenters. The lowest BCUT2D eigenvalue weighted by atomic mass is 10.2. The minimum Gasteiger partial charge on any atom is -0.494 e. The molecule has 154 valence electrons. The number of hydrogen-bond donors (Lipinski definition) is 0. The molecule has 0 amide bonds. The van der Waals surface area contributed by atoms with Crippen LogP contribution in [-0.4, -0.2) is 57.3 Å². The highest BCUT2D eigenvalue weighted by Gasteiger charge is 2.14. The van der Waals surface area contributed by atoms with E-state index in [1.807, 2.05) is 24.3 Å². The number of ether oxygens (including phenoxy) is 1. The number of nitro groups is 1. The average molecular weight is 398 g/mol. The number of nitrogens with zero attached hydrogens (tertiary/aromatic N) is 5. The van der Waals surface area contributed by atoms with Gasteiger partial charge in [-0.3, -0.25) is 10.1 Å². The molecule has 8 nitrogen and oxygen atoms in total. The Labute approximate surface area is 171 Å².